The zero-order valence-corrected chi connectivity index (χ0v) is 22.3. The zero-order valence-electron chi connectivity index (χ0n) is 22.3. The van der Waals surface area contributed by atoms with E-state index in [2.05, 4.69) is 55.6 Å². The maximum Gasteiger partial charge on any atom is 0.243 e. The minimum atomic E-state index is -0.560. The Hall–Kier alpha value is -3.40. The highest BCUT2D eigenvalue weighted by molar-refractivity contribution is 5.88. The average Bonchev–Trinajstić information content (AvgIpc) is 2.91. The van der Waals surface area contributed by atoms with Crippen molar-refractivity contribution in [3.8, 4) is 0 Å². The molecule has 0 heterocycles. The number of aryl methyl sites for hydroxylation is 3. The van der Waals surface area contributed by atoms with Gasteiger partial charge in [-0.25, -0.2) is 0 Å². The molecule has 4 heteroatoms. The van der Waals surface area contributed by atoms with Crippen LogP contribution in [0.5, 0.6) is 0 Å². The van der Waals surface area contributed by atoms with E-state index in [9.17, 15) is 9.59 Å². The monoisotopic (exact) mass is 496 g/mol. The summed E-state index contributed by atoms with van der Waals surface area (Å²) in [7, 11) is 0. The van der Waals surface area contributed by atoms with Crippen LogP contribution in [0.2, 0.25) is 0 Å². The van der Waals surface area contributed by atoms with Gasteiger partial charge >= 0.3 is 0 Å². The van der Waals surface area contributed by atoms with Crippen molar-refractivity contribution < 1.29 is 9.59 Å². The van der Waals surface area contributed by atoms with Gasteiger partial charge in [0.05, 0.1) is 0 Å². The molecule has 4 nitrogen and oxygen atoms in total. The van der Waals surface area contributed by atoms with E-state index in [0.717, 1.165) is 47.9 Å². The van der Waals surface area contributed by atoms with Crippen LogP contribution < -0.4 is 5.32 Å². The summed E-state index contributed by atoms with van der Waals surface area (Å²) >= 11 is 0. The number of hydrogen-bond acceptors (Lipinski definition) is 2. The summed E-state index contributed by atoms with van der Waals surface area (Å²) in [6.07, 6.45) is 7.10. The van der Waals surface area contributed by atoms with E-state index >= 15 is 0 Å². The van der Waals surface area contributed by atoms with Gasteiger partial charge in [0.25, 0.3) is 0 Å². The second-order valence-electron chi connectivity index (χ2n) is 10.5. The number of amides is 2. The third-order valence-corrected chi connectivity index (χ3v) is 7.41. The largest absolute Gasteiger partial charge is 0.352 e. The summed E-state index contributed by atoms with van der Waals surface area (Å²) in [5.74, 6) is -0.0195. The van der Waals surface area contributed by atoms with E-state index in [1.165, 1.54) is 12.0 Å². The van der Waals surface area contributed by atoms with Crippen molar-refractivity contribution in [3.05, 3.63) is 107 Å². The first kappa shape index (κ1) is 26.7. The van der Waals surface area contributed by atoms with E-state index in [-0.39, 0.29) is 17.9 Å². The van der Waals surface area contributed by atoms with Crippen LogP contribution in [-0.4, -0.2) is 28.8 Å². The first-order valence-corrected chi connectivity index (χ1v) is 13.7. The van der Waals surface area contributed by atoms with Crippen LogP contribution in [0.1, 0.15) is 66.3 Å². The van der Waals surface area contributed by atoms with Gasteiger partial charge in [-0.3, -0.25) is 9.59 Å². The summed E-state index contributed by atoms with van der Waals surface area (Å²) in [5.41, 5.74) is 5.61. The Morgan fingerprint density at radius 1 is 0.811 bits per heavy atom. The first-order chi connectivity index (χ1) is 18.0. The Kier molecular flexibility index (Phi) is 9.53. The predicted molar refractivity (Wildman–Crippen MR) is 150 cm³/mol. The zero-order chi connectivity index (χ0) is 26.0. The highest BCUT2D eigenvalue weighted by Gasteiger charge is 2.31. The third-order valence-electron chi connectivity index (χ3n) is 7.41. The number of nitrogens with one attached hydrogen (secondary N) is 1. The van der Waals surface area contributed by atoms with Crippen molar-refractivity contribution in [2.75, 3.05) is 0 Å². The van der Waals surface area contributed by atoms with Crippen molar-refractivity contribution in [1.29, 1.82) is 0 Å². The third kappa shape index (κ3) is 8.04. The molecule has 1 fully saturated rings. The van der Waals surface area contributed by atoms with Crippen LogP contribution in [0.25, 0.3) is 0 Å². The molecule has 0 aliphatic heterocycles. The maximum absolute atomic E-state index is 13.8. The van der Waals surface area contributed by atoms with Gasteiger partial charge in [0.15, 0.2) is 0 Å². The summed E-state index contributed by atoms with van der Waals surface area (Å²) in [5, 5.41) is 3.32. The standard InChI is InChI=1S/C33H40N2O2/c1-25-16-18-27(19-17-25)20-21-32(36)35(24-29-13-9-10-26(2)22-29)31(23-28-11-5-3-6-12-28)33(37)34-30-14-7-4-8-15-30/h3,5-6,9-13,16-19,22,30-31H,4,7-8,14-15,20-21,23-24H2,1-2H3,(H,34,37). The lowest BCUT2D eigenvalue weighted by Gasteiger charge is -2.33. The molecule has 1 saturated carbocycles. The molecule has 0 aromatic heterocycles. The second-order valence-corrected chi connectivity index (χ2v) is 10.5. The summed E-state index contributed by atoms with van der Waals surface area (Å²) in [6, 6.07) is 26.3. The quantitative estimate of drug-likeness (QED) is 0.357. The molecule has 1 unspecified atom stereocenters. The normalized spacial score (nSPS) is 14.6. The van der Waals surface area contributed by atoms with Crippen molar-refractivity contribution in [3.63, 3.8) is 0 Å². The molecule has 4 rings (SSSR count). The molecule has 3 aromatic rings. The van der Waals surface area contributed by atoms with E-state index in [1.54, 1.807) is 0 Å². The number of carbonyl (C=O) groups is 2. The van der Waals surface area contributed by atoms with Gasteiger partial charge in [0.1, 0.15) is 6.04 Å². The molecule has 1 N–H and O–H groups in total. The molecule has 1 atom stereocenters. The molecule has 37 heavy (non-hydrogen) atoms. The van der Waals surface area contributed by atoms with E-state index in [4.69, 9.17) is 0 Å². The lowest BCUT2D eigenvalue weighted by molar-refractivity contribution is -0.141. The van der Waals surface area contributed by atoms with Gasteiger partial charge in [0, 0.05) is 25.4 Å². The van der Waals surface area contributed by atoms with Crippen LogP contribution in [0.15, 0.2) is 78.9 Å². The lowest BCUT2D eigenvalue weighted by atomic mass is 9.94. The number of nitrogens with zero attached hydrogens (tertiary/aromatic N) is 1. The molecular weight excluding hydrogens is 456 g/mol. The maximum atomic E-state index is 13.8. The van der Waals surface area contributed by atoms with Crippen molar-refractivity contribution in [1.82, 2.24) is 10.2 Å². The van der Waals surface area contributed by atoms with Gasteiger partial charge in [0.2, 0.25) is 11.8 Å². The molecule has 0 bridgehead atoms. The van der Waals surface area contributed by atoms with Crippen LogP contribution in [-0.2, 0) is 29.0 Å². The predicted octanol–water partition coefficient (Wildman–Crippen LogP) is 6.33. The number of benzene rings is 3. The van der Waals surface area contributed by atoms with Crippen LogP contribution in [0.3, 0.4) is 0 Å². The lowest BCUT2D eigenvalue weighted by Crippen LogP contribution is -2.52. The fourth-order valence-electron chi connectivity index (χ4n) is 5.26. The molecule has 3 aromatic carbocycles. The van der Waals surface area contributed by atoms with Gasteiger partial charge in [-0.2, -0.15) is 0 Å². The smallest absolute Gasteiger partial charge is 0.243 e. The number of rotatable bonds is 10. The Bertz CT molecular complexity index is 1150. The van der Waals surface area contributed by atoms with Crippen molar-refractivity contribution >= 4 is 11.8 Å². The highest BCUT2D eigenvalue weighted by atomic mass is 16.2. The molecule has 1 aliphatic rings. The van der Waals surface area contributed by atoms with E-state index in [1.807, 2.05) is 47.4 Å². The van der Waals surface area contributed by atoms with Crippen molar-refractivity contribution in [2.24, 2.45) is 0 Å². The molecule has 0 radical (unpaired) electrons. The van der Waals surface area contributed by atoms with E-state index in [0.29, 0.717) is 25.8 Å². The average molecular weight is 497 g/mol. The highest BCUT2D eigenvalue weighted by Crippen LogP contribution is 2.21. The van der Waals surface area contributed by atoms with E-state index < -0.39 is 6.04 Å². The Morgan fingerprint density at radius 3 is 2.22 bits per heavy atom. The first-order valence-electron chi connectivity index (χ1n) is 13.7. The number of carbonyl (C=O) groups excluding carboxylic acids is 2. The molecule has 2 amide bonds. The van der Waals surface area contributed by atoms with Crippen LogP contribution in [0.4, 0.5) is 0 Å². The van der Waals surface area contributed by atoms with Crippen LogP contribution in [0, 0.1) is 13.8 Å². The fraction of sp³-hybridized carbons (Fsp3) is 0.394. The fourth-order valence-corrected chi connectivity index (χ4v) is 5.26. The Morgan fingerprint density at radius 2 is 1.51 bits per heavy atom. The second kappa shape index (κ2) is 13.2. The van der Waals surface area contributed by atoms with Crippen molar-refractivity contribution in [2.45, 2.75) is 83.8 Å². The Labute approximate surface area is 222 Å². The van der Waals surface area contributed by atoms with Gasteiger partial charge in [-0.15, -0.1) is 0 Å². The topological polar surface area (TPSA) is 49.4 Å². The van der Waals surface area contributed by atoms with Crippen LogP contribution >= 0.6 is 0 Å². The van der Waals surface area contributed by atoms with Gasteiger partial charge < -0.3 is 10.2 Å². The summed E-state index contributed by atoms with van der Waals surface area (Å²) < 4.78 is 0. The molecular formula is C33H40N2O2. The summed E-state index contributed by atoms with van der Waals surface area (Å²) in [6.45, 7) is 4.55. The Balaban J connectivity index is 1.60. The minimum absolute atomic E-state index is 0.0156. The molecule has 0 spiro atoms. The van der Waals surface area contributed by atoms with Gasteiger partial charge in [-0.1, -0.05) is 109 Å². The van der Waals surface area contributed by atoms with Gasteiger partial charge in [-0.05, 0) is 49.8 Å². The molecule has 0 saturated heterocycles. The SMILES string of the molecule is Cc1ccc(CCC(=O)N(Cc2cccc(C)c2)C(Cc2ccccc2)C(=O)NC2CCCCC2)cc1. The molecule has 1 aliphatic carbocycles. The molecule has 194 valence electrons. The minimum Gasteiger partial charge on any atom is -0.352 e. The number of hydrogen-bond donors (Lipinski definition) is 1. The summed E-state index contributed by atoms with van der Waals surface area (Å²) in [4.78, 5) is 29.5.